The molecule has 0 unspecified atom stereocenters. The van der Waals surface area contributed by atoms with Crippen LogP contribution in [-0.2, 0) is 11.0 Å². The second-order valence-electron chi connectivity index (χ2n) is 9.74. The first-order chi connectivity index (χ1) is 18.1. The van der Waals surface area contributed by atoms with E-state index in [1.807, 2.05) is 35.2 Å². The molecule has 5 rings (SSSR count). The van der Waals surface area contributed by atoms with Crippen LogP contribution in [0.5, 0.6) is 0 Å². The van der Waals surface area contributed by atoms with Crippen LogP contribution in [0.2, 0.25) is 0 Å². The van der Waals surface area contributed by atoms with E-state index in [2.05, 4.69) is 12.1 Å². The van der Waals surface area contributed by atoms with E-state index in [4.69, 9.17) is 0 Å². The van der Waals surface area contributed by atoms with Crippen molar-refractivity contribution in [3.05, 3.63) is 95.6 Å². The van der Waals surface area contributed by atoms with Crippen LogP contribution >= 0.6 is 0 Å². The van der Waals surface area contributed by atoms with Gasteiger partial charge in [0.15, 0.2) is 0 Å². The van der Waals surface area contributed by atoms with Crippen LogP contribution in [-0.4, -0.2) is 35.0 Å². The number of carbonyl (C=O) groups excluding carboxylic acids is 1. The van der Waals surface area contributed by atoms with Crippen LogP contribution < -0.4 is 0 Å². The molecule has 0 spiro atoms. The van der Waals surface area contributed by atoms with Crippen LogP contribution in [0.1, 0.15) is 47.2 Å². The van der Waals surface area contributed by atoms with Gasteiger partial charge in [0, 0.05) is 20.0 Å². The number of nitrogens with zero attached hydrogens (tertiary/aromatic N) is 1. The van der Waals surface area contributed by atoms with Gasteiger partial charge in [-0.2, -0.15) is 13.2 Å². The highest BCUT2D eigenvalue weighted by Crippen LogP contribution is 2.36. The number of halogens is 3. The zero-order chi connectivity index (χ0) is 27.0. The Kier molecular flexibility index (Phi) is 6.69. The third kappa shape index (κ3) is 5.14. The molecule has 1 heterocycles. The largest absolute Gasteiger partial charge is 0.478 e. The molecule has 0 aliphatic carbocycles. The quantitative estimate of drug-likeness (QED) is 0.303. The number of piperidine rings is 1. The predicted molar refractivity (Wildman–Crippen MR) is 141 cm³/mol. The summed E-state index contributed by atoms with van der Waals surface area (Å²) in [6.07, 6.45) is -2.60. The molecule has 194 valence electrons. The highest BCUT2D eigenvalue weighted by atomic mass is 19.4. The van der Waals surface area contributed by atoms with E-state index in [-0.39, 0.29) is 11.5 Å². The molecule has 1 aliphatic heterocycles. The molecule has 1 fully saturated rings. The van der Waals surface area contributed by atoms with Crippen molar-refractivity contribution < 1.29 is 27.9 Å². The first-order valence-electron chi connectivity index (χ1n) is 12.4. The summed E-state index contributed by atoms with van der Waals surface area (Å²) in [4.78, 5) is 25.4. The smallest absolute Gasteiger partial charge is 0.416 e. The summed E-state index contributed by atoms with van der Waals surface area (Å²) in [5.74, 6) is -0.583. The molecular formula is C31H26F3NO3. The maximum absolute atomic E-state index is 13.0. The van der Waals surface area contributed by atoms with Gasteiger partial charge in [-0.05, 0) is 87.7 Å². The highest BCUT2D eigenvalue weighted by Gasteiger charge is 2.30. The zero-order valence-electron chi connectivity index (χ0n) is 20.8. The number of carbonyl (C=O) groups is 2. The number of hydrogen-bond donors (Lipinski definition) is 1. The fourth-order valence-corrected chi connectivity index (χ4v) is 5.23. The standard InChI is InChI=1S/C31H26F3NO3/c1-19(36)35-14-12-22(13-15-35)20-2-4-23(5-3-20)29-18-26(30(37)38)17-25-16-24(8-11-28(25)29)21-6-9-27(10-7-21)31(32,33)34/h2-11,16-18,22H,12-15H2,1H3,(H,37,38). The Morgan fingerprint density at radius 1 is 0.816 bits per heavy atom. The minimum absolute atomic E-state index is 0.102. The van der Waals surface area contributed by atoms with E-state index < -0.39 is 17.7 Å². The van der Waals surface area contributed by atoms with Gasteiger partial charge in [0.05, 0.1) is 11.1 Å². The van der Waals surface area contributed by atoms with E-state index in [0.29, 0.717) is 22.4 Å². The molecule has 0 saturated carbocycles. The van der Waals surface area contributed by atoms with Gasteiger partial charge in [-0.1, -0.05) is 48.5 Å². The Morgan fingerprint density at radius 3 is 2.00 bits per heavy atom. The Labute approximate surface area is 218 Å². The summed E-state index contributed by atoms with van der Waals surface area (Å²) < 4.78 is 38.9. The molecule has 1 aliphatic rings. The van der Waals surface area contributed by atoms with Gasteiger partial charge in [-0.15, -0.1) is 0 Å². The third-order valence-corrected chi connectivity index (χ3v) is 7.38. The molecule has 0 atom stereocenters. The van der Waals surface area contributed by atoms with Crippen molar-refractivity contribution in [1.29, 1.82) is 0 Å². The zero-order valence-corrected chi connectivity index (χ0v) is 20.8. The second kappa shape index (κ2) is 9.97. The minimum Gasteiger partial charge on any atom is -0.478 e. The molecule has 1 saturated heterocycles. The van der Waals surface area contributed by atoms with Crippen molar-refractivity contribution in [1.82, 2.24) is 4.90 Å². The average molecular weight is 518 g/mol. The maximum Gasteiger partial charge on any atom is 0.416 e. The summed E-state index contributed by atoms with van der Waals surface area (Å²) in [6.45, 7) is 3.08. The molecule has 4 aromatic carbocycles. The summed E-state index contributed by atoms with van der Waals surface area (Å²) in [5.41, 5.74) is 3.58. The topological polar surface area (TPSA) is 57.6 Å². The number of fused-ring (bicyclic) bond motifs is 1. The van der Waals surface area contributed by atoms with Crippen molar-refractivity contribution in [3.8, 4) is 22.3 Å². The van der Waals surface area contributed by atoms with Crippen molar-refractivity contribution >= 4 is 22.6 Å². The summed E-state index contributed by atoms with van der Waals surface area (Å²) in [7, 11) is 0. The van der Waals surface area contributed by atoms with Crippen molar-refractivity contribution in [2.45, 2.75) is 31.9 Å². The van der Waals surface area contributed by atoms with E-state index in [1.165, 1.54) is 17.7 Å². The summed E-state index contributed by atoms with van der Waals surface area (Å²) >= 11 is 0. The molecule has 0 radical (unpaired) electrons. The average Bonchev–Trinajstić information content (AvgIpc) is 2.92. The Morgan fingerprint density at radius 2 is 1.42 bits per heavy atom. The van der Waals surface area contributed by atoms with E-state index in [1.54, 1.807) is 19.1 Å². The van der Waals surface area contributed by atoms with Crippen LogP contribution in [0.15, 0.2) is 78.9 Å². The normalized spacial score (nSPS) is 14.6. The Hall–Kier alpha value is -4.13. The van der Waals surface area contributed by atoms with Gasteiger partial charge in [0.25, 0.3) is 0 Å². The third-order valence-electron chi connectivity index (χ3n) is 7.38. The minimum atomic E-state index is -4.41. The van der Waals surface area contributed by atoms with Crippen LogP contribution in [0.3, 0.4) is 0 Å². The second-order valence-corrected chi connectivity index (χ2v) is 9.74. The van der Waals surface area contributed by atoms with Gasteiger partial charge in [0.2, 0.25) is 5.91 Å². The number of benzene rings is 4. The number of likely N-dealkylation sites (tertiary alicyclic amines) is 1. The SMILES string of the molecule is CC(=O)N1CCC(c2ccc(-c3cc(C(=O)O)cc4cc(-c5ccc(C(F)(F)F)cc5)ccc34)cc2)CC1. The van der Waals surface area contributed by atoms with E-state index >= 15 is 0 Å². The van der Waals surface area contributed by atoms with Crippen molar-refractivity contribution in [2.24, 2.45) is 0 Å². The number of amides is 1. The Balaban J connectivity index is 1.48. The molecule has 0 aromatic heterocycles. The van der Waals surface area contributed by atoms with Gasteiger partial charge in [-0.3, -0.25) is 4.79 Å². The molecule has 4 aromatic rings. The monoisotopic (exact) mass is 517 g/mol. The van der Waals surface area contributed by atoms with Gasteiger partial charge in [0.1, 0.15) is 0 Å². The molecule has 0 bridgehead atoms. The lowest BCUT2D eigenvalue weighted by atomic mass is 9.87. The fourth-order valence-electron chi connectivity index (χ4n) is 5.23. The van der Waals surface area contributed by atoms with Crippen LogP contribution in [0, 0.1) is 0 Å². The number of carboxylic acid groups (broad SMARTS) is 1. The lowest BCUT2D eigenvalue weighted by Crippen LogP contribution is -2.36. The number of aromatic carboxylic acids is 1. The molecule has 7 heteroatoms. The van der Waals surface area contributed by atoms with Gasteiger partial charge in [-0.25, -0.2) is 4.79 Å². The lowest BCUT2D eigenvalue weighted by Gasteiger charge is -2.31. The lowest BCUT2D eigenvalue weighted by molar-refractivity contribution is -0.137. The first kappa shape index (κ1) is 25.5. The predicted octanol–water partition coefficient (Wildman–Crippen LogP) is 7.62. The van der Waals surface area contributed by atoms with Gasteiger partial charge >= 0.3 is 12.1 Å². The first-order valence-corrected chi connectivity index (χ1v) is 12.4. The van der Waals surface area contributed by atoms with Crippen molar-refractivity contribution in [2.75, 3.05) is 13.1 Å². The molecule has 1 N–H and O–H groups in total. The molecule has 38 heavy (non-hydrogen) atoms. The highest BCUT2D eigenvalue weighted by molar-refractivity contribution is 6.04. The number of alkyl halides is 3. The molecule has 1 amide bonds. The van der Waals surface area contributed by atoms with E-state index in [0.717, 1.165) is 54.6 Å². The number of rotatable bonds is 4. The number of hydrogen-bond acceptors (Lipinski definition) is 2. The van der Waals surface area contributed by atoms with Crippen LogP contribution in [0.25, 0.3) is 33.0 Å². The van der Waals surface area contributed by atoms with E-state index in [9.17, 15) is 27.9 Å². The molecular weight excluding hydrogens is 491 g/mol. The maximum atomic E-state index is 13.0. The Bertz CT molecular complexity index is 1500. The van der Waals surface area contributed by atoms with Crippen LogP contribution in [0.4, 0.5) is 13.2 Å². The van der Waals surface area contributed by atoms with Crippen molar-refractivity contribution in [3.63, 3.8) is 0 Å². The molecule has 4 nitrogen and oxygen atoms in total. The van der Waals surface area contributed by atoms with Gasteiger partial charge < -0.3 is 10.0 Å². The summed E-state index contributed by atoms with van der Waals surface area (Å²) in [5, 5.41) is 11.3. The fraction of sp³-hybridized carbons (Fsp3) is 0.226. The number of carboxylic acids is 1. The summed E-state index contributed by atoms with van der Waals surface area (Å²) in [6, 6.07) is 21.8.